The molecule has 150 valence electrons. The molecule has 1 saturated carbocycles. The number of methoxy groups -OCH3 is 1. The number of nitrogens with zero attached hydrogens (tertiary/aromatic N) is 2. The fourth-order valence-electron chi connectivity index (χ4n) is 4.55. The minimum Gasteiger partial charge on any atom is -0.379 e. The van der Waals surface area contributed by atoms with Gasteiger partial charge in [0.25, 0.3) is 0 Å². The average molecular weight is 414 g/mol. The molecule has 9 heteroatoms. The van der Waals surface area contributed by atoms with Crippen molar-refractivity contribution < 1.29 is 17.9 Å². The number of sulfone groups is 1. The lowest BCUT2D eigenvalue weighted by molar-refractivity contribution is -0.0613. The van der Waals surface area contributed by atoms with E-state index in [9.17, 15) is 8.42 Å². The Morgan fingerprint density at radius 1 is 1.33 bits per heavy atom. The minimum atomic E-state index is -3.56. The summed E-state index contributed by atoms with van der Waals surface area (Å²) < 4.78 is 39.2. The van der Waals surface area contributed by atoms with Crippen molar-refractivity contribution in [3.63, 3.8) is 0 Å². The second kappa shape index (κ2) is 6.74. The molecule has 1 N–H and O–H groups in total. The zero-order valence-corrected chi connectivity index (χ0v) is 17.2. The highest BCUT2D eigenvalue weighted by molar-refractivity contribution is 7.94. The van der Waals surface area contributed by atoms with Crippen LogP contribution in [0.2, 0.25) is 0 Å². The van der Waals surface area contributed by atoms with Crippen molar-refractivity contribution in [3.8, 4) is 0 Å². The van der Waals surface area contributed by atoms with Crippen molar-refractivity contribution in [2.24, 2.45) is 0 Å². The quantitative estimate of drug-likeness (QED) is 0.781. The van der Waals surface area contributed by atoms with E-state index in [-0.39, 0.29) is 17.7 Å². The first-order valence-electron chi connectivity index (χ1n) is 9.86. The molecule has 0 amide bonds. The lowest BCUT2D eigenvalue weighted by Gasteiger charge is -2.43. The van der Waals surface area contributed by atoms with Crippen LogP contribution in [0.15, 0.2) is 10.4 Å². The van der Waals surface area contributed by atoms with Gasteiger partial charge < -0.3 is 14.8 Å². The Morgan fingerprint density at radius 2 is 2.07 bits per heavy atom. The summed E-state index contributed by atoms with van der Waals surface area (Å²) in [6.45, 7) is 3.32. The number of piperidine rings is 1. The number of nitrogens with one attached hydrogen (secondary N) is 1. The van der Waals surface area contributed by atoms with Gasteiger partial charge in [-0.1, -0.05) is 0 Å². The van der Waals surface area contributed by atoms with Crippen molar-refractivity contribution in [2.45, 2.75) is 65.4 Å². The molecule has 1 aromatic rings. The predicted octanol–water partition coefficient (Wildman–Crippen LogP) is 1.36. The highest BCUT2D eigenvalue weighted by Crippen LogP contribution is 2.46. The van der Waals surface area contributed by atoms with Gasteiger partial charge in [-0.2, -0.15) is 0 Å². The van der Waals surface area contributed by atoms with E-state index in [1.165, 1.54) is 11.3 Å². The zero-order valence-electron chi connectivity index (χ0n) is 15.6. The predicted molar refractivity (Wildman–Crippen MR) is 102 cm³/mol. The molecule has 3 saturated heterocycles. The molecule has 3 aliphatic heterocycles. The van der Waals surface area contributed by atoms with Crippen LogP contribution in [0, 0.1) is 0 Å². The molecule has 0 radical (unpaired) electrons. The number of hydrogen-bond acceptors (Lipinski definition) is 8. The molecular formula is C18H27N3O4S2. The van der Waals surface area contributed by atoms with Gasteiger partial charge in [-0.3, -0.25) is 4.90 Å². The highest BCUT2D eigenvalue weighted by Gasteiger charge is 2.56. The summed E-state index contributed by atoms with van der Waals surface area (Å²) in [6.07, 6.45) is 6.51. The number of aromatic nitrogens is 1. The highest BCUT2D eigenvalue weighted by atomic mass is 32.2. The number of rotatable bonds is 5. The van der Waals surface area contributed by atoms with Crippen molar-refractivity contribution in [2.75, 3.05) is 33.3 Å². The first-order chi connectivity index (χ1) is 13.0. The van der Waals surface area contributed by atoms with Gasteiger partial charge in [0.15, 0.2) is 5.44 Å². The van der Waals surface area contributed by atoms with Gasteiger partial charge >= 0.3 is 0 Å². The van der Waals surface area contributed by atoms with Crippen LogP contribution >= 0.6 is 11.3 Å². The van der Waals surface area contributed by atoms with Gasteiger partial charge in [-0.25, -0.2) is 13.4 Å². The lowest BCUT2D eigenvalue weighted by atomic mass is 9.87. The van der Waals surface area contributed by atoms with E-state index in [1.807, 2.05) is 0 Å². The fraction of sp³-hybridized carbons (Fsp3) is 0.833. The largest absolute Gasteiger partial charge is 0.379 e. The fourth-order valence-corrected chi connectivity index (χ4v) is 7.82. The molecule has 1 aliphatic carbocycles. The van der Waals surface area contributed by atoms with E-state index < -0.39 is 15.3 Å². The summed E-state index contributed by atoms with van der Waals surface area (Å²) in [5.41, 5.74) is -1.13. The van der Waals surface area contributed by atoms with Crippen molar-refractivity contribution in [1.29, 1.82) is 0 Å². The van der Waals surface area contributed by atoms with E-state index >= 15 is 0 Å². The third-order valence-corrected chi connectivity index (χ3v) is 10.1. The SMILES string of the molecule is COC1CN(C2CC3(CCNCC3)OC2S(=O)(=O)c2cnc(C3CC3)s2)C1. The van der Waals surface area contributed by atoms with Gasteiger partial charge in [0.1, 0.15) is 4.21 Å². The first kappa shape index (κ1) is 18.4. The molecular weight excluding hydrogens is 386 g/mol. The number of likely N-dealkylation sites (tertiary alicyclic amines) is 1. The normalized spacial score (nSPS) is 32.0. The molecule has 1 aromatic heterocycles. The topological polar surface area (TPSA) is 80.8 Å². The Labute approximate surface area is 164 Å². The third kappa shape index (κ3) is 3.26. The van der Waals surface area contributed by atoms with Crippen LogP contribution in [0.4, 0.5) is 0 Å². The second-order valence-corrected chi connectivity index (χ2v) is 11.7. The second-order valence-electron chi connectivity index (χ2n) is 8.34. The molecule has 2 atom stereocenters. The Balaban J connectivity index is 1.43. The van der Waals surface area contributed by atoms with Crippen molar-refractivity contribution in [3.05, 3.63) is 11.2 Å². The summed E-state index contributed by atoms with van der Waals surface area (Å²) in [5.74, 6) is 0.466. The maximum Gasteiger partial charge on any atom is 0.217 e. The summed E-state index contributed by atoms with van der Waals surface area (Å²) in [5, 5.41) is 4.32. The number of hydrogen-bond donors (Lipinski definition) is 1. The summed E-state index contributed by atoms with van der Waals surface area (Å²) in [7, 11) is -1.85. The van der Waals surface area contributed by atoms with E-state index in [1.54, 1.807) is 13.3 Å². The number of ether oxygens (including phenoxy) is 2. The van der Waals surface area contributed by atoms with E-state index in [0.717, 1.165) is 63.3 Å². The molecule has 7 nitrogen and oxygen atoms in total. The Morgan fingerprint density at radius 3 is 2.74 bits per heavy atom. The van der Waals surface area contributed by atoms with Crippen LogP contribution < -0.4 is 5.32 Å². The summed E-state index contributed by atoms with van der Waals surface area (Å²) >= 11 is 1.34. The molecule has 5 rings (SSSR count). The standard InChI is InChI=1S/C18H27N3O4S2/c1-24-13-10-21(11-13)14-8-18(4-6-19-7-5-18)25-17(14)27(22,23)15-9-20-16(26-15)12-2-3-12/h9,12-14,17,19H,2-8,10-11H2,1H3. The minimum absolute atomic E-state index is 0.106. The molecule has 2 unspecified atom stereocenters. The molecule has 0 bridgehead atoms. The van der Waals surface area contributed by atoms with Crippen LogP contribution in [-0.2, 0) is 19.3 Å². The monoisotopic (exact) mass is 413 g/mol. The van der Waals surface area contributed by atoms with Gasteiger partial charge in [-0.05, 0) is 45.2 Å². The molecule has 4 fully saturated rings. The molecule has 1 spiro atoms. The van der Waals surface area contributed by atoms with Crippen LogP contribution in [0.1, 0.15) is 43.0 Å². The van der Waals surface area contributed by atoms with Gasteiger partial charge in [0.2, 0.25) is 9.84 Å². The van der Waals surface area contributed by atoms with E-state index in [4.69, 9.17) is 9.47 Å². The van der Waals surface area contributed by atoms with E-state index in [0.29, 0.717) is 10.1 Å². The molecule has 4 aliphatic rings. The first-order valence-corrected chi connectivity index (χ1v) is 12.2. The van der Waals surface area contributed by atoms with Gasteiger partial charge in [0.05, 0.1) is 29.0 Å². The Kier molecular flexibility index (Phi) is 4.61. The van der Waals surface area contributed by atoms with Crippen LogP contribution in [0.3, 0.4) is 0 Å². The molecule has 27 heavy (non-hydrogen) atoms. The van der Waals surface area contributed by atoms with E-state index in [2.05, 4.69) is 15.2 Å². The lowest BCUT2D eigenvalue weighted by Crippen LogP contribution is -2.59. The van der Waals surface area contributed by atoms with Gasteiger partial charge in [0, 0.05) is 26.1 Å². The van der Waals surface area contributed by atoms with Crippen molar-refractivity contribution in [1.82, 2.24) is 15.2 Å². The van der Waals surface area contributed by atoms with Crippen LogP contribution in [0.25, 0.3) is 0 Å². The summed E-state index contributed by atoms with van der Waals surface area (Å²) in [6, 6.07) is -0.106. The maximum atomic E-state index is 13.5. The zero-order chi connectivity index (χ0) is 18.6. The molecule has 4 heterocycles. The average Bonchev–Trinajstić information content (AvgIpc) is 3.23. The third-order valence-electron chi connectivity index (χ3n) is 6.47. The van der Waals surface area contributed by atoms with Crippen LogP contribution in [-0.4, -0.2) is 74.8 Å². The Bertz CT molecular complexity index is 795. The molecule has 0 aromatic carbocycles. The Hall–Kier alpha value is -0.580. The smallest absolute Gasteiger partial charge is 0.217 e. The van der Waals surface area contributed by atoms with Crippen molar-refractivity contribution >= 4 is 21.2 Å². The number of thiazole rings is 1. The maximum absolute atomic E-state index is 13.5. The van der Waals surface area contributed by atoms with Crippen LogP contribution in [0.5, 0.6) is 0 Å². The van der Waals surface area contributed by atoms with Gasteiger partial charge in [-0.15, -0.1) is 11.3 Å². The summed E-state index contributed by atoms with van der Waals surface area (Å²) in [4.78, 5) is 6.62.